The van der Waals surface area contributed by atoms with Crippen molar-refractivity contribution in [2.75, 3.05) is 0 Å². The number of hydrogen-bond donors (Lipinski definition) is 1. The molecular weight excluding hydrogens is 252 g/mol. The molecule has 4 heteroatoms. The van der Waals surface area contributed by atoms with E-state index in [2.05, 4.69) is 55.6 Å². The number of amides is 1. The van der Waals surface area contributed by atoms with Gasteiger partial charge < -0.3 is 0 Å². The van der Waals surface area contributed by atoms with E-state index in [4.69, 9.17) is 0 Å². The molecule has 0 unspecified atom stereocenters. The average Bonchev–Trinajstić information content (AvgIpc) is 2.36. The number of rotatable bonds is 3. The van der Waals surface area contributed by atoms with Crippen LogP contribution in [0.1, 0.15) is 30.5 Å². The van der Waals surface area contributed by atoms with E-state index in [1.165, 1.54) is 21.9 Å². The standard InChI is InChI=1S/C15H20NOP.BH3/c1-3-14(16-15(17)18)13-9-5-7-11-10(2)6-4-8-12(11)13;/h4-9,14H,3H2,1-2H3,18H4,(H,16,17);1H3/t14-;/m0./s1. The van der Waals surface area contributed by atoms with Gasteiger partial charge in [0, 0.05) is 0 Å². The Morgan fingerprint density at radius 1 is 1.21 bits per heavy atom. The van der Waals surface area contributed by atoms with Crippen molar-refractivity contribution in [2.45, 2.75) is 26.3 Å². The van der Waals surface area contributed by atoms with Gasteiger partial charge in [0.2, 0.25) is 0 Å². The third-order valence-electron chi connectivity index (χ3n) is 3.33. The van der Waals surface area contributed by atoms with E-state index in [9.17, 15) is 4.79 Å². The molecular formula is C15H23BNOP. The van der Waals surface area contributed by atoms with Crippen LogP contribution in [0.4, 0.5) is 4.79 Å². The SMILES string of the molecule is B.CC[C@H](NC(=O)[PH4])c1cccc2c(C)cccc12. The number of aryl methyl sites for hydroxylation is 1. The van der Waals surface area contributed by atoms with E-state index < -0.39 is 0 Å². The number of nitrogens with one attached hydrogen (secondary N) is 1. The first kappa shape index (κ1) is 15.7. The number of carbonyl (C=O) groups is 1. The summed E-state index contributed by atoms with van der Waals surface area (Å²) in [7, 11) is 0.551. The van der Waals surface area contributed by atoms with Crippen LogP contribution in [0.5, 0.6) is 0 Å². The van der Waals surface area contributed by atoms with Crippen LogP contribution >= 0.6 is 9.24 Å². The quantitative estimate of drug-likeness (QED) is 0.676. The van der Waals surface area contributed by atoms with Gasteiger partial charge in [0.05, 0.1) is 8.41 Å². The minimum absolute atomic E-state index is 0. The fraction of sp³-hybridized carbons (Fsp3) is 0.267. The second kappa shape index (κ2) is 6.72. The molecule has 0 aliphatic rings. The van der Waals surface area contributed by atoms with Crippen molar-refractivity contribution in [3.05, 3.63) is 47.5 Å². The first-order chi connectivity index (χ1) is 8.63. The molecule has 0 fully saturated rings. The van der Waals surface area contributed by atoms with Crippen LogP contribution in [0.2, 0.25) is 0 Å². The van der Waals surface area contributed by atoms with Crippen LogP contribution in [-0.4, -0.2) is 14.1 Å². The zero-order valence-corrected chi connectivity index (χ0v) is 13.2. The fourth-order valence-electron chi connectivity index (χ4n) is 2.44. The second-order valence-corrected chi connectivity index (χ2v) is 5.59. The molecule has 0 spiro atoms. The molecule has 0 aliphatic carbocycles. The van der Waals surface area contributed by atoms with Crippen LogP contribution in [0.25, 0.3) is 10.8 Å². The molecule has 0 heterocycles. The van der Waals surface area contributed by atoms with Gasteiger partial charge in [0.25, 0.3) is 0 Å². The van der Waals surface area contributed by atoms with Crippen molar-refractivity contribution < 1.29 is 4.79 Å². The first-order valence-corrected chi connectivity index (χ1v) is 7.38. The van der Waals surface area contributed by atoms with Crippen LogP contribution in [0, 0.1) is 6.92 Å². The van der Waals surface area contributed by atoms with Gasteiger partial charge >= 0.3 is 110 Å². The monoisotopic (exact) mass is 275 g/mol. The second-order valence-electron chi connectivity index (χ2n) is 4.68. The van der Waals surface area contributed by atoms with E-state index >= 15 is 0 Å². The molecule has 2 rings (SSSR count). The maximum atomic E-state index is 11.3. The maximum absolute atomic E-state index is 11.3. The van der Waals surface area contributed by atoms with Crippen LogP contribution in [0.15, 0.2) is 36.4 Å². The average molecular weight is 275 g/mol. The zero-order chi connectivity index (χ0) is 13.1. The van der Waals surface area contributed by atoms with Gasteiger partial charge in [0.1, 0.15) is 0 Å². The zero-order valence-electron chi connectivity index (χ0n) is 11.2. The molecule has 2 nitrogen and oxygen atoms in total. The van der Waals surface area contributed by atoms with Gasteiger partial charge in [-0.15, -0.1) is 0 Å². The number of fused-ring (bicyclic) bond motifs is 1. The van der Waals surface area contributed by atoms with Crippen LogP contribution < -0.4 is 5.32 Å². The fourth-order valence-corrected chi connectivity index (χ4v) is 2.79. The summed E-state index contributed by atoms with van der Waals surface area (Å²) in [5, 5.41) is 5.60. The van der Waals surface area contributed by atoms with E-state index in [1.807, 2.05) is 0 Å². The van der Waals surface area contributed by atoms with Crippen molar-refractivity contribution in [1.29, 1.82) is 0 Å². The predicted octanol–water partition coefficient (Wildman–Crippen LogP) is 2.46. The third-order valence-corrected chi connectivity index (χ3v) is 3.62. The van der Waals surface area contributed by atoms with E-state index in [1.54, 1.807) is 0 Å². The number of hydrogen-bond acceptors (Lipinski definition) is 1. The van der Waals surface area contributed by atoms with Gasteiger partial charge in [-0.1, -0.05) is 0 Å². The van der Waals surface area contributed by atoms with Crippen LogP contribution in [0.3, 0.4) is 0 Å². The number of carbonyl (C=O) groups excluding carboxylic acids is 1. The molecule has 102 valence electrons. The first-order valence-electron chi connectivity index (χ1n) is 6.38. The van der Waals surface area contributed by atoms with E-state index in [-0.39, 0.29) is 20.1 Å². The molecule has 1 atom stereocenters. The van der Waals surface area contributed by atoms with Gasteiger partial charge in [-0.3, -0.25) is 0 Å². The Labute approximate surface area is 118 Å². The summed E-state index contributed by atoms with van der Waals surface area (Å²) < 4.78 is 0. The summed E-state index contributed by atoms with van der Waals surface area (Å²) in [5.74, 6) is 0. The summed E-state index contributed by atoms with van der Waals surface area (Å²) >= 11 is 0. The summed E-state index contributed by atoms with van der Waals surface area (Å²) in [6, 6.07) is 12.8. The Bertz CT molecular complexity index is 585. The van der Waals surface area contributed by atoms with Gasteiger partial charge in [0.15, 0.2) is 0 Å². The van der Waals surface area contributed by atoms with E-state index in [0.29, 0.717) is 9.24 Å². The summed E-state index contributed by atoms with van der Waals surface area (Å²) in [5.41, 5.74) is 2.66. The Morgan fingerprint density at radius 3 is 2.47 bits per heavy atom. The normalized spacial score (nSPS) is 11.8. The molecule has 2 aromatic rings. The van der Waals surface area contributed by atoms with Crippen LogP contribution in [-0.2, 0) is 0 Å². The minimum atomic E-state index is 0. The van der Waals surface area contributed by atoms with Gasteiger partial charge in [-0.2, -0.15) is 0 Å². The predicted molar refractivity (Wildman–Crippen MR) is 92.7 cm³/mol. The Hall–Kier alpha value is -1.34. The molecule has 19 heavy (non-hydrogen) atoms. The van der Waals surface area contributed by atoms with Crippen molar-refractivity contribution in [2.24, 2.45) is 0 Å². The van der Waals surface area contributed by atoms with E-state index in [0.717, 1.165) is 6.42 Å². The molecule has 0 saturated carbocycles. The Balaban J connectivity index is 0.00000180. The van der Waals surface area contributed by atoms with Crippen molar-refractivity contribution in [1.82, 2.24) is 5.32 Å². The van der Waals surface area contributed by atoms with Crippen molar-refractivity contribution in [3.63, 3.8) is 0 Å². The molecule has 0 bridgehead atoms. The molecule has 1 N–H and O–H groups in total. The summed E-state index contributed by atoms with van der Waals surface area (Å²) in [6.45, 7) is 4.23. The summed E-state index contributed by atoms with van der Waals surface area (Å²) in [4.78, 5) is 11.3. The van der Waals surface area contributed by atoms with Gasteiger partial charge in [-0.25, -0.2) is 0 Å². The topological polar surface area (TPSA) is 29.1 Å². The molecule has 0 radical (unpaired) electrons. The van der Waals surface area contributed by atoms with Crippen molar-refractivity contribution in [3.8, 4) is 0 Å². The van der Waals surface area contributed by atoms with Gasteiger partial charge in [-0.05, 0) is 0 Å². The number of benzene rings is 2. The molecule has 1 amide bonds. The van der Waals surface area contributed by atoms with Crippen molar-refractivity contribution >= 4 is 34.1 Å². The molecule has 0 aromatic heterocycles. The molecule has 0 saturated heterocycles. The Morgan fingerprint density at radius 2 is 1.84 bits per heavy atom. The summed E-state index contributed by atoms with van der Waals surface area (Å²) in [6.07, 6.45) is 0.918. The Kier molecular flexibility index (Phi) is 5.56. The molecule has 0 aliphatic heterocycles. The molecule has 2 aromatic carbocycles. The third kappa shape index (κ3) is 3.36.